The average Bonchev–Trinajstić information content (AvgIpc) is 3.00. The van der Waals surface area contributed by atoms with Crippen molar-refractivity contribution in [2.24, 2.45) is 5.10 Å². The first-order valence-electron chi connectivity index (χ1n) is 6.64. The van der Waals surface area contributed by atoms with Crippen LogP contribution in [-0.4, -0.2) is 18.2 Å². The van der Waals surface area contributed by atoms with Gasteiger partial charge in [-0.1, -0.05) is 12.1 Å². The summed E-state index contributed by atoms with van der Waals surface area (Å²) in [5.74, 6) is 1.00. The molecule has 21 heavy (non-hydrogen) atoms. The quantitative estimate of drug-likeness (QED) is 0.679. The van der Waals surface area contributed by atoms with E-state index >= 15 is 0 Å². The van der Waals surface area contributed by atoms with Gasteiger partial charge in [-0.3, -0.25) is 4.79 Å². The predicted octanol–water partition coefficient (Wildman–Crippen LogP) is 2.82. The second-order valence-electron chi connectivity index (χ2n) is 4.70. The summed E-state index contributed by atoms with van der Waals surface area (Å²) in [5, 5.41) is 3.96. The molecule has 1 N–H and O–H groups in total. The second kappa shape index (κ2) is 6.74. The number of hydrogen-bond donors (Lipinski definition) is 1. The molecule has 5 heteroatoms. The Labute approximate surface area is 123 Å². The van der Waals surface area contributed by atoms with E-state index in [0.29, 0.717) is 17.2 Å². The second-order valence-corrected chi connectivity index (χ2v) is 4.70. The highest BCUT2D eigenvalue weighted by Gasteiger charge is 2.06. The Balaban J connectivity index is 1.88. The summed E-state index contributed by atoms with van der Waals surface area (Å²) in [4.78, 5) is 11.7. The summed E-state index contributed by atoms with van der Waals surface area (Å²) < 4.78 is 10.7. The highest BCUT2D eigenvalue weighted by atomic mass is 16.5. The molecule has 1 aromatic carbocycles. The van der Waals surface area contributed by atoms with Crippen molar-refractivity contribution in [2.45, 2.75) is 20.8 Å². The third-order valence-corrected chi connectivity index (χ3v) is 3.14. The standard InChI is InChI=1S/C16H18N2O3/c1-11-6-4-7-14(12(11)2)21-10-16(19)18-17-13(3)15-8-5-9-20-15/h4-9H,10H2,1-3H3,(H,18,19). The van der Waals surface area contributed by atoms with Gasteiger partial charge in [0.2, 0.25) is 0 Å². The van der Waals surface area contributed by atoms with Crippen molar-refractivity contribution in [3.8, 4) is 5.75 Å². The molecule has 0 atom stereocenters. The maximum absolute atomic E-state index is 11.7. The maximum atomic E-state index is 11.7. The number of nitrogens with zero attached hydrogens (tertiary/aromatic N) is 1. The molecule has 2 aromatic rings. The minimum atomic E-state index is -0.318. The topological polar surface area (TPSA) is 63.8 Å². The molecule has 0 spiro atoms. The first-order chi connectivity index (χ1) is 10.1. The fourth-order valence-electron chi connectivity index (χ4n) is 1.74. The molecule has 5 nitrogen and oxygen atoms in total. The van der Waals surface area contributed by atoms with Gasteiger partial charge in [-0.2, -0.15) is 5.10 Å². The van der Waals surface area contributed by atoms with Gasteiger partial charge in [0.25, 0.3) is 5.91 Å². The van der Waals surface area contributed by atoms with E-state index in [9.17, 15) is 4.79 Å². The van der Waals surface area contributed by atoms with Gasteiger partial charge in [0, 0.05) is 0 Å². The van der Waals surface area contributed by atoms with Crippen molar-refractivity contribution in [1.29, 1.82) is 0 Å². The largest absolute Gasteiger partial charge is 0.483 e. The number of carbonyl (C=O) groups excluding carboxylic acids is 1. The molecule has 0 aliphatic heterocycles. The van der Waals surface area contributed by atoms with E-state index in [4.69, 9.17) is 9.15 Å². The van der Waals surface area contributed by atoms with Gasteiger partial charge in [-0.05, 0) is 50.1 Å². The Morgan fingerprint density at radius 1 is 1.29 bits per heavy atom. The number of hydrogen-bond acceptors (Lipinski definition) is 4. The Morgan fingerprint density at radius 2 is 2.10 bits per heavy atom. The van der Waals surface area contributed by atoms with Crippen molar-refractivity contribution >= 4 is 11.6 Å². The van der Waals surface area contributed by atoms with Gasteiger partial charge < -0.3 is 9.15 Å². The number of furan rings is 1. The van der Waals surface area contributed by atoms with Gasteiger partial charge >= 0.3 is 0 Å². The smallest absolute Gasteiger partial charge is 0.277 e. The summed E-state index contributed by atoms with van der Waals surface area (Å²) in [7, 11) is 0. The van der Waals surface area contributed by atoms with Crippen molar-refractivity contribution in [1.82, 2.24) is 5.43 Å². The molecular formula is C16H18N2O3. The van der Waals surface area contributed by atoms with E-state index in [2.05, 4.69) is 10.5 Å². The monoisotopic (exact) mass is 286 g/mol. The molecule has 1 aromatic heterocycles. The van der Waals surface area contributed by atoms with Crippen LogP contribution in [0.1, 0.15) is 23.8 Å². The molecule has 1 heterocycles. The third-order valence-electron chi connectivity index (χ3n) is 3.14. The lowest BCUT2D eigenvalue weighted by Gasteiger charge is -2.09. The zero-order valence-electron chi connectivity index (χ0n) is 12.3. The Hall–Kier alpha value is -2.56. The van der Waals surface area contributed by atoms with Gasteiger partial charge in [-0.15, -0.1) is 0 Å². The van der Waals surface area contributed by atoms with Crippen LogP contribution in [0.25, 0.3) is 0 Å². The lowest BCUT2D eigenvalue weighted by molar-refractivity contribution is -0.123. The van der Waals surface area contributed by atoms with Crippen LogP contribution in [0.5, 0.6) is 5.75 Å². The number of benzene rings is 1. The van der Waals surface area contributed by atoms with Gasteiger partial charge in [0.05, 0.1) is 6.26 Å². The molecule has 0 fully saturated rings. The van der Waals surface area contributed by atoms with E-state index in [1.807, 2.05) is 32.0 Å². The lowest BCUT2D eigenvalue weighted by Crippen LogP contribution is -2.25. The van der Waals surface area contributed by atoms with E-state index in [0.717, 1.165) is 11.1 Å². The van der Waals surface area contributed by atoms with Crippen LogP contribution in [0.2, 0.25) is 0 Å². The summed E-state index contributed by atoms with van der Waals surface area (Å²) in [6.07, 6.45) is 1.56. The maximum Gasteiger partial charge on any atom is 0.277 e. The van der Waals surface area contributed by atoms with Crippen molar-refractivity contribution in [3.63, 3.8) is 0 Å². The molecule has 110 valence electrons. The number of hydrazone groups is 1. The van der Waals surface area contributed by atoms with Crippen molar-refractivity contribution in [2.75, 3.05) is 6.61 Å². The molecule has 0 aliphatic rings. The van der Waals surface area contributed by atoms with Gasteiger partial charge in [-0.25, -0.2) is 5.43 Å². The Bertz CT molecular complexity index is 646. The van der Waals surface area contributed by atoms with E-state index in [-0.39, 0.29) is 12.5 Å². The summed E-state index contributed by atoms with van der Waals surface area (Å²) >= 11 is 0. The number of amides is 1. The zero-order chi connectivity index (χ0) is 15.2. The van der Waals surface area contributed by atoms with Crippen LogP contribution in [-0.2, 0) is 4.79 Å². The lowest BCUT2D eigenvalue weighted by atomic mass is 10.1. The molecule has 2 rings (SSSR count). The highest BCUT2D eigenvalue weighted by molar-refractivity contribution is 5.96. The van der Waals surface area contributed by atoms with E-state index < -0.39 is 0 Å². The number of aryl methyl sites for hydroxylation is 1. The molecule has 0 saturated carbocycles. The fourth-order valence-corrected chi connectivity index (χ4v) is 1.74. The molecule has 0 saturated heterocycles. The predicted molar refractivity (Wildman–Crippen MR) is 80.5 cm³/mol. The number of nitrogens with one attached hydrogen (secondary N) is 1. The van der Waals surface area contributed by atoms with Crippen LogP contribution in [0.3, 0.4) is 0 Å². The van der Waals surface area contributed by atoms with Gasteiger partial charge in [0.1, 0.15) is 17.2 Å². The fraction of sp³-hybridized carbons (Fsp3) is 0.250. The van der Waals surface area contributed by atoms with Crippen molar-refractivity contribution in [3.05, 3.63) is 53.5 Å². The van der Waals surface area contributed by atoms with Crippen LogP contribution in [0, 0.1) is 13.8 Å². The highest BCUT2D eigenvalue weighted by Crippen LogP contribution is 2.20. The minimum absolute atomic E-state index is 0.0841. The average molecular weight is 286 g/mol. The molecule has 0 radical (unpaired) electrons. The summed E-state index contributed by atoms with van der Waals surface area (Å²) in [6.45, 7) is 5.63. The third kappa shape index (κ3) is 3.95. The minimum Gasteiger partial charge on any atom is -0.483 e. The molecule has 0 unspecified atom stereocenters. The van der Waals surface area contributed by atoms with Crippen molar-refractivity contribution < 1.29 is 13.9 Å². The van der Waals surface area contributed by atoms with Crippen LogP contribution < -0.4 is 10.2 Å². The number of ether oxygens (including phenoxy) is 1. The van der Waals surface area contributed by atoms with E-state index in [1.54, 1.807) is 25.3 Å². The van der Waals surface area contributed by atoms with Crippen LogP contribution in [0.4, 0.5) is 0 Å². The zero-order valence-corrected chi connectivity index (χ0v) is 12.3. The first kappa shape index (κ1) is 14.8. The normalized spacial score (nSPS) is 11.3. The number of carbonyl (C=O) groups is 1. The Morgan fingerprint density at radius 3 is 2.81 bits per heavy atom. The van der Waals surface area contributed by atoms with Gasteiger partial charge in [0.15, 0.2) is 6.61 Å². The number of rotatable bonds is 5. The molecular weight excluding hydrogens is 268 g/mol. The van der Waals surface area contributed by atoms with Crippen LogP contribution in [0.15, 0.2) is 46.1 Å². The molecule has 1 amide bonds. The summed E-state index contributed by atoms with van der Waals surface area (Å²) in [6, 6.07) is 9.28. The van der Waals surface area contributed by atoms with E-state index in [1.165, 1.54) is 0 Å². The first-order valence-corrected chi connectivity index (χ1v) is 6.64. The summed E-state index contributed by atoms with van der Waals surface area (Å²) in [5.41, 5.74) is 5.19. The SMILES string of the molecule is CC(=NNC(=O)COc1cccc(C)c1C)c1ccco1. The molecule has 0 aliphatic carbocycles. The van der Waals surface area contributed by atoms with Crippen LogP contribution >= 0.6 is 0 Å². The molecule has 0 bridgehead atoms. The Kier molecular flexibility index (Phi) is 4.77.